The van der Waals surface area contributed by atoms with E-state index in [9.17, 15) is 24.9 Å². The number of rotatable bonds is 11. The second-order valence-corrected chi connectivity index (χ2v) is 9.16. The van der Waals surface area contributed by atoms with E-state index in [1.54, 1.807) is 25.1 Å². The molecule has 1 aliphatic heterocycles. The Morgan fingerprint density at radius 2 is 1.89 bits per heavy atom. The summed E-state index contributed by atoms with van der Waals surface area (Å²) in [4.78, 5) is 28.2. The Balaban J connectivity index is 1.80. The fourth-order valence-electron chi connectivity index (χ4n) is 5.03. The topological polar surface area (TPSA) is 138 Å². The highest BCUT2D eigenvalue weighted by Gasteiger charge is 2.51. The van der Waals surface area contributed by atoms with Crippen molar-refractivity contribution in [2.24, 2.45) is 0 Å². The van der Waals surface area contributed by atoms with Crippen LogP contribution < -0.4 is 14.8 Å². The van der Waals surface area contributed by atoms with E-state index in [0.29, 0.717) is 29.2 Å². The van der Waals surface area contributed by atoms with Gasteiger partial charge in [-0.25, -0.2) is 0 Å². The average molecular weight is 527 g/mol. The van der Waals surface area contributed by atoms with Crippen LogP contribution in [0.4, 0.5) is 0 Å². The van der Waals surface area contributed by atoms with E-state index in [-0.39, 0.29) is 44.4 Å². The van der Waals surface area contributed by atoms with Crippen LogP contribution in [0.1, 0.15) is 29.5 Å². The zero-order chi connectivity index (χ0) is 27.2. The molecule has 2 aliphatic rings. The first kappa shape index (κ1) is 27.6. The SMILES string of the molecule is CCOCC(=O)N(Cc1ccccc1)C1C=C(C(=O)NCCO)C2c3cc(CO)cc(OC)c3OC2C1O. The van der Waals surface area contributed by atoms with Crippen molar-refractivity contribution in [2.45, 2.75) is 44.2 Å². The first-order valence-electron chi connectivity index (χ1n) is 12.6. The fraction of sp³-hybridized carbons (Fsp3) is 0.429. The molecule has 4 rings (SSSR count). The third-order valence-electron chi connectivity index (χ3n) is 6.80. The van der Waals surface area contributed by atoms with Gasteiger partial charge >= 0.3 is 0 Å². The molecule has 2 aromatic carbocycles. The van der Waals surface area contributed by atoms with Crippen LogP contribution in [-0.4, -0.2) is 83.8 Å². The zero-order valence-corrected chi connectivity index (χ0v) is 21.5. The van der Waals surface area contributed by atoms with Gasteiger partial charge in [0.05, 0.1) is 32.3 Å². The second-order valence-electron chi connectivity index (χ2n) is 9.16. The van der Waals surface area contributed by atoms with Crippen molar-refractivity contribution in [3.63, 3.8) is 0 Å². The zero-order valence-electron chi connectivity index (χ0n) is 21.5. The summed E-state index contributed by atoms with van der Waals surface area (Å²) in [5.41, 5.74) is 2.29. The van der Waals surface area contributed by atoms with Gasteiger partial charge in [-0.3, -0.25) is 9.59 Å². The van der Waals surface area contributed by atoms with Crippen molar-refractivity contribution >= 4 is 11.8 Å². The van der Waals surface area contributed by atoms with Crippen LogP contribution in [0.2, 0.25) is 0 Å². The minimum Gasteiger partial charge on any atom is -0.493 e. The smallest absolute Gasteiger partial charge is 0.249 e. The van der Waals surface area contributed by atoms with Gasteiger partial charge in [-0.2, -0.15) is 0 Å². The van der Waals surface area contributed by atoms with Crippen LogP contribution in [0.3, 0.4) is 0 Å². The molecule has 10 nitrogen and oxygen atoms in total. The predicted molar refractivity (Wildman–Crippen MR) is 138 cm³/mol. The minimum absolute atomic E-state index is 0.0332. The summed E-state index contributed by atoms with van der Waals surface area (Å²) >= 11 is 0. The van der Waals surface area contributed by atoms with E-state index < -0.39 is 30.1 Å². The summed E-state index contributed by atoms with van der Waals surface area (Å²) in [5.74, 6) is -0.743. The van der Waals surface area contributed by atoms with Crippen molar-refractivity contribution in [3.05, 3.63) is 70.8 Å². The lowest BCUT2D eigenvalue weighted by Crippen LogP contribution is -2.56. The number of hydrogen-bond donors (Lipinski definition) is 4. The Kier molecular flexibility index (Phi) is 9.01. The van der Waals surface area contributed by atoms with E-state index in [4.69, 9.17) is 14.2 Å². The summed E-state index contributed by atoms with van der Waals surface area (Å²) in [5, 5.41) is 33.4. The summed E-state index contributed by atoms with van der Waals surface area (Å²) in [7, 11) is 1.47. The van der Waals surface area contributed by atoms with Crippen LogP contribution in [0.5, 0.6) is 11.5 Å². The van der Waals surface area contributed by atoms with Crippen molar-refractivity contribution < 1.29 is 39.1 Å². The maximum Gasteiger partial charge on any atom is 0.249 e. The largest absolute Gasteiger partial charge is 0.493 e. The Bertz CT molecular complexity index is 1170. The van der Waals surface area contributed by atoms with Crippen LogP contribution in [0.15, 0.2) is 54.1 Å². The number of carbonyl (C=O) groups excluding carboxylic acids is 2. The molecule has 10 heteroatoms. The molecule has 0 saturated carbocycles. The van der Waals surface area contributed by atoms with Crippen LogP contribution >= 0.6 is 0 Å². The number of nitrogens with zero attached hydrogens (tertiary/aromatic N) is 1. The van der Waals surface area contributed by atoms with E-state index in [0.717, 1.165) is 5.56 Å². The molecule has 0 saturated heterocycles. The van der Waals surface area contributed by atoms with Gasteiger partial charge in [0.25, 0.3) is 0 Å². The Morgan fingerprint density at radius 3 is 2.55 bits per heavy atom. The molecule has 4 N–H and O–H groups in total. The molecule has 1 heterocycles. The second kappa shape index (κ2) is 12.4. The molecule has 4 atom stereocenters. The summed E-state index contributed by atoms with van der Waals surface area (Å²) in [6, 6.07) is 11.8. The van der Waals surface area contributed by atoms with Crippen LogP contribution in [0, 0.1) is 0 Å². The molecule has 2 amide bonds. The Hall–Kier alpha value is -3.44. The lowest BCUT2D eigenvalue weighted by atomic mass is 9.77. The Morgan fingerprint density at radius 1 is 1.13 bits per heavy atom. The highest BCUT2D eigenvalue weighted by atomic mass is 16.5. The van der Waals surface area contributed by atoms with E-state index >= 15 is 0 Å². The third kappa shape index (κ3) is 5.53. The molecule has 0 fully saturated rings. The number of nitrogens with one attached hydrogen (secondary N) is 1. The number of benzene rings is 2. The molecule has 1 aliphatic carbocycles. The lowest BCUT2D eigenvalue weighted by Gasteiger charge is -2.40. The molecule has 38 heavy (non-hydrogen) atoms. The normalized spacial score (nSPS) is 21.6. The number of methoxy groups -OCH3 is 1. The number of carbonyl (C=O) groups is 2. The van der Waals surface area contributed by atoms with Gasteiger partial charge in [0, 0.05) is 30.8 Å². The van der Waals surface area contributed by atoms with E-state index in [2.05, 4.69) is 5.32 Å². The number of aliphatic hydroxyl groups excluding tert-OH is 3. The Labute approximate surface area is 221 Å². The van der Waals surface area contributed by atoms with Crippen molar-refractivity contribution in [1.29, 1.82) is 0 Å². The molecule has 2 aromatic rings. The van der Waals surface area contributed by atoms with Gasteiger partial charge in [0.15, 0.2) is 11.5 Å². The maximum atomic E-state index is 13.4. The number of fused-ring (bicyclic) bond motifs is 3. The first-order valence-corrected chi connectivity index (χ1v) is 12.6. The van der Waals surface area contributed by atoms with Crippen molar-refractivity contribution in [3.8, 4) is 11.5 Å². The van der Waals surface area contributed by atoms with Crippen molar-refractivity contribution in [1.82, 2.24) is 10.2 Å². The molecule has 4 unspecified atom stereocenters. The third-order valence-corrected chi connectivity index (χ3v) is 6.80. The van der Waals surface area contributed by atoms with Gasteiger partial charge < -0.3 is 39.7 Å². The molecular formula is C28H34N2O8. The standard InChI is InChI=1S/C28H34N2O8/c1-3-37-16-23(33)30(14-17-7-5-4-6-8-17)21-13-20(28(35)29-9-10-31)24-19-11-18(15-32)12-22(36-2)26(19)38-27(24)25(21)34/h4-8,11-13,21,24-25,27,31-32,34H,3,9-10,14-16H2,1-2H3,(H,29,35). The van der Waals surface area contributed by atoms with E-state index in [1.165, 1.54) is 12.0 Å². The van der Waals surface area contributed by atoms with Gasteiger partial charge in [0.1, 0.15) is 18.8 Å². The quantitative estimate of drug-likeness (QED) is 0.339. The molecule has 0 bridgehead atoms. The summed E-state index contributed by atoms with van der Waals surface area (Å²) < 4.78 is 17.1. The van der Waals surface area contributed by atoms with Gasteiger partial charge in [-0.05, 0) is 36.3 Å². The summed E-state index contributed by atoms with van der Waals surface area (Å²) in [6.45, 7) is 1.66. The molecule has 0 spiro atoms. The summed E-state index contributed by atoms with van der Waals surface area (Å²) in [6.07, 6.45) is -0.503. The van der Waals surface area contributed by atoms with Crippen LogP contribution in [-0.2, 0) is 27.5 Å². The monoisotopic (exact) mass is 526 g/mol. The first-order chi connectivity index (χ1) is 18.4. The highest BCUT2D eigenvalue weighted by molar-refractivity contribution is 5.96. The van der Waals surface area contributed by atoms with Crippen LogP contribution in [0.25, 0.3) is 0 Å². The van der Waals surface area contributed by atoms with Gasteiger partial charge in [0.2, 0.25) is 11.8 Å². The highest BCUT2D eigenvalue weighted by Crippen LogP contribution is 2.51. The number of aliphatic hydroxyl groups is 3. The lowest BCUT2D eigenvalue weighted by molar-refractivity contribution is -0.142. The predicted octanol–water partition coefficient (Wildman–Crippen LogP) is 0.875. The fourth-order valence-corrected chi connectivity index (χ4v) is 5.03. The average Bonchev–Trinajstić information content (AvgIpc) is 3.34. The molecule has 0 aromatic heterocycles. The minimum atomic E-state index is -1.20. The van der Waals surface area contributed by atoms with E-state index in [1.807, 2.05) is 30.3 Å². The molecule has 204 valence electrons. The number of hydrogen-bond acceptors (Lipinski definition) is 8. The molecular weight excluding hydrogens is 492 g/mol. The maximum absolute atomic E-state index is 13.4. The number of amides is 2. The van der Waals surface area contributed by atoms with Gasteiger partial charge in [-0.1, -0.05) is 30.3 Å². The van der Waals surface area contributed by atoms with Crippen molar-refractivity contribution in [2.75, 3.05) is 33.5 Å². The molecule has 0 radical (unpaired) electrons. The van der Waals surface area contributed by atoms with Gasteiger partial charge in [-0.15, -0.1) is 0 Å². The number of ether oxygens (including phenoxy) is 3.